The summed E-state index contributed by atoms with van der Waals surface area (Å²) in [6.07, 6.45) is 7.02. The molecule has 1 aromatic rings. The first kappa shape index (κ1) is 20.1. The number of anilines is 1. The summed E-state index contributed by atoms with van der Waals surface area (Å²) in [6.45, 7) is 2.37. The SMILES string of the molecule is CCc1ccccc1N(CC(=O)NCCSC1CCCC1)S(C)(=O)=O. The van der Waals surface area contributed by atoms with E-state index in [1.54, 1.807) is 12.1 Å². The summed E-state index contributed by atoms with van der Waals surface area (Å²) in [5.41, 5.74) is 1.50. The van der Waals surface area contributed by atoms with Crippen LogP contribution in [0.25, 0.3) is 0 Å². The summed E-state index contributed by atoms with van der Waals surface area (Å²) in [4.78, 5) is 12.2. The van der Waals surface area contributed by atoms with E-state index in [1.165, 1.54) is 30.0 Å². The number of benzene rings is 1. The van der Waals surface area contributed by atoms with E-state index in [4.69, 9.17) is 0 Å². The minimum atomic E-state index is -3.52. The molecule has 0 atom stereocenters. The van der Waals surface area contributed by atoms with Gasteiger partial charge in [-0.05, 0) is 30.9 Å². The molecular formula is C18H28N2O3S2. The quantitative estimate of drug-likeness (QED) is 0.665. The van der Waals surface area contributed by atoms with Gasteiger partial charge in [0.1, 0.15) is 6.54 Å². The molecule has 0 spiro atoms. The second-order valence-corrected chi connectivity index (χ2v) is 9.69. The highest BCUT2D eigenvalue weighted by molar-refractivity contribution is 7.99. The number of hydrogen-bond acceptors (Lipinski definition) is 4. The lowest BCUT2D eigenvalue weighted by molar-refractivity contribution is -0.119. The maximum absolute atomic E-state index is 12.2. The maximum Gasteiger partial charge on any atom is 0.240 e. The molecule has 2 rings (SSSR count). The third kappa shape index (κ3) is 6.22. The van der Waals surface area contributed by atoms with E-state index in [0.29, 0.717) is 18.7 Å². The van der Waals surface area contributed by atoms with Gasteiger partial charge in [0, 0.05) is 17.5 Å². The Morgan fingerprint density at radius 1 is 1.28 bits per heavy atom. The lowest BCUT2D eigenvalue weighted by Crippen LogP contribution is -2.41. The molecule has 1 aromatic carbocycles. The molecule has 0 heterocycles. The van der Waals surface area contributed by atoms with Crippen molar-refractivity contribution < 1.29 is 13.2 Å². The molecule has 1 saturated carbocycles. The van der Waals surface area contributed by atoms with Gasteiger partial charge in [0.25, 0.3) is 0 Å². The molecule has 1 N–H and O–H groups in total. The van der Waals surface area contributed by atoms with Crippen LogP contribution in [0.5, 0.6) is 0 Å². The first-order valence-electron chi connectivity index (χ1n) is 8.85. The number of nitrogens with zero attached hydrogens (tertiary/aromatic N) is 1. The number of thioether (sulfide) groups is 1. The average molecular weight is 385 g/mol. The van der Waals surface area contributed by atoms with Crippen LogP contribution in [0.2, 0.25) is 0 Å². The minimum Gasteiger partial charge on any atom is -0.354 e. The van der Waals surface area contributed by atoms with Crippen LogP contribution in [0, 0.1) is 0 Å². The minimum absolute atomic E-state index is 0.177. The zero-order valence-corrected chi connectivity index (χ0v) is 16.7. The monoisotopic (exact) mass is 384 g/mol. The number of carbonyl (C=O) groups excluding carboxylic acids is 1. The van der Waals surface area contributed by atoms with E-state index < -0.39 is 10.0 Å². The molecule has 7 heteroatoms. The van der Waals surface area contributed by atoms with Crippen molar-refractivity contribution in [2.75, 3.05) is 29.4 Å². The maximum atomic E-state index is 12.2. The second kappa shape index (κ2) is 9.48. The van der Waals surface area contributed by atoms with Crippen molar-refractivity contribution in [1.82, 2.24) is 5.32 Å². The third-order valence-electron chi connectivity index (χ3n) is 4.41. The van der Waals surface area contributed by atoms with E-state index in [-0.39, 0.29) is 12.5 Å². The topological polar surface area (TPSA) is 66.5 Å². The van der Waals surface area contributed by atoms with Crippen molar-refractivity contribution in [2.45, 2.75) is 44.3 Å². The van der Waals surface area contributed by atoms with E-state index in [0.717, 1.165) is 22.8 Å². The van der Waals surface area contributed by atoms with Crippen LogP contribution in [0.4, 0.5) is 5.69 Å². The lowest BCUT2D eigenvalue weighted by atomic mass is 10.1. The molecule has 0 saturated heterocycles. The van der Waals surface area contributed by atoms with Gasteiger partial charge in [-0.3, -0.25) is 9.10 Å². The number of sulfonamides is 1. The fraction of sp³-hybridized carbons (Fsp3) is 0.611. The van der Waals surface area contributed by atoms with Crippen LogP contribution in [-0.4, -0.2) is 44.7 Å². The Bertz CT molecular complexity index is 671. The molecule has 0 aliphatic heterocycles. The van der Waals surface area contributed by atoms with Gasteiger partial charge in [-0.1, -0.05) is 38.0 Å². The van der Waals surface area contributed by atoms with E-state index >= 15 is 0 Å². The van der Waals surface area contributed by atoms with Crippen molar-refractivity contribution in [2.24, 2.45) is 0 Å². The summed E-state index contributed by atoms with van der Waals surface area (Å²) in [6, 6.07) is 7.32. The van der Waals surface area contributed by atoms with E-state index in [1.807, 2.05) is 30.8 Å². The van der Waals surface area contributed by atoms with Gasteiger partial charge in [0.15, 0.2) is 0 Å². The molecule has 1 amide bonds. The molecule has 5 nitrogen and oxygen atoms in total. The second-order valence-electron chi connectivity index (χ2n) is 6.38. The van der Waals surface area contributed by atoms with Crippen LogP contribution in [0.3, 0.4) is 0 Å². The van der Waals surface area contributed by atoms with Crippen molar-refractivity contribution in [3.05, 3.63) is 29.8 Å². The number of aryl methyl sites for hydroxylation is 1. The molecule has 0 unspecified atom stereocenters. The highest BCUT2D eigenvalue weighted by Gasteiger charge is 2.22. The van der Waals surface area contributed by atoms with Crippen molar-refractivity contribution >= 4 is 33.4 Å². The number of para-hydroxylation sites is 1. The Morgan fingerprint density at radius 3 is 2.60 bits per heavy atom. The van der Waals surface area contributed by atoms with E-state index in [2.05, 4.69) is 5.32 Å². The van der Waals surface area contributed by atoms with Crippen molar-refractivity contribution in [1.29, 1.82) is 0 Å². The number of nitrogens with one attached hydrogen (secondary N) is 1. The first-order valence-corrected chi connectivity index (χ1v) is 11.8. The molecule has 0 radical (unpaired) electrons. The normalized spacial score (nSPS) is 15.3. The predicted octanol–water partition coefficient (Wildman–Crippen LogP) is 2.81. The largest absolute Gasteiger partial charge is 0.354 e. The summed E-state index contributed by atoms with van der Waals surface area (Å²) in [7, 11) is -3.52. The average Bonchev–Trinajstić information content (AvgIpc) is 3.09. The molecule has 140 valence electrons. The smallest absolute Gasteiger partial charge is 0.240 e. The van der Waals surface area contributed by atoms with Gasteiger partial charge in [-0.15, -0.1) is 0 Å². The summed E-state index contributed by atoms with van der Waals surface area (Å²) >= 11 is 1.91. The summed E-state index contributed by atoms with van der Waals surface area (Å²) in [5.74, 6) is 0.615. The zero-order valence-electron chi connectivity index (χ0n) is 15.0. The molecular weight excluding hydrogens is 356 g/mol. The third-order valence-corrected chi connectivity index (χ3v) is 6.92. The van der Waals surface area contributed by atoms with Crippen molar-refractivity contribution in [3.63, 3.8) is 0 Å². The number of amides is 1. The fourth-order valence-electron chi connectivity index (χ4n) is 3.09. The Hall–Kier alpha value is -1.21. The molecule has 1 aliphatic carbocycles. The van der Waals surface area contributed by atoms with Gasteiger partial charge in [-0.25, -0.2) is 8.42 Å². The van der Waals surface area contributed by atoms with Crippen LogP contribution in [0.15, 0.2) is 24.3 Å². The Balaban J connectivity index is 1.92. The molecule has 0 aromatic heterocycles. The highest BCUT2D eigenvalue weighted by Crippen LogP contribution is 2.29. The van der Waals surface area contributed by atoms with Crippen LogP contribution >= 0.6 is 11.8 Å². The van der Waals surface area contributed by atoms with Gasteiger partial charge in [-0.2, -0.15) is 11.8 Å². The molecule has 0 bridgehead atoms. The predicted molar refractivity (Wildman–Crippen MR) is 106 cm³/mol. The van der Waals surface area contributed by atoms with Gasteiger partial charge >= 0.3 is 0 Å². The van der Waals surface area contributed by atoms with Crippen molar-refractivity contribution in [3.8, 4) is 0 Å². The van der Waals surface area contributed by atoms with Gasteiger partial charge < -0.3 is 5.32 Å². The lowest BCUT2D eigenvalue weighted by Gasteiger charge is -2.24. The van der Waals surface area contributed by atoms with Crippen LogP contribution in [0.1, 0.15) is 38.2 Å². The van der Waals surface area contributed by atoms with Crippen LogP contribution < -0.4 is 9.62 Å². The first-order chi connectivity index (χ1) is 11.9. The highest BCUT2D eigenvalue weighted by atomic mass is 32.2. The van der Waals surface area contributed by atoms with E-state index in [9.17, 15) is 13.2 Å². The Labute approximate surface area is 155 Å². The Kier molecular flexibility index (Phi) is 7.62. The van der Waals surface area contributed by atoms with Gasteiger partial charge in [0.2, 0.25) is 15.9 Å². The van der Waals surface area contributed by atoms with Crippen LogP contribution in [-0.2, 0) is 21.2 Å². The molecule has 25 heavy (non-hydrogen) atoms. The number of carbonyl (C=O) groups is 1. The van der Waals surface area contributed by atoms with Gasteiger partial charge in [0.05, 0.1) is 11.9 Å². The Morgan fingerprint density at radius 2 is 1.96 bits per heavy atom. The number of hydrogen-bond donors (Lipinski definition) is 1. The molecule has 1 aliphatic rings. The standard InChI is InChI=1S/C18H28N2O3S2/c1-3-15-8-4-7-11-17(15)20(25(2,22)23)14-18(21)19-12-13-24-16-9-5-6-10-16/h4,7-8,11,16H,3,5-6,9-10,12-14H2,1-2H3,(H,19,21). The zero-order chi connectivity index (χ0) is 18.3. The summed E-state index contributed by atoms with van der Waals surface area (Å²) in [5, 5.41) is 3.57. The molecule has 1 fully saturated rings. The fourth-order valence-corrected chi connectivity index (χ4v) is 5.20. The number of rotatable bonds is 9. The summed E-state index contributed by atoms with van der Waals surface area (Å²) < 4.78 is 25.6.